The monoisotopic (exact) mass is 181 g/mol. The Bertz CT molecular complexity index is 290. The molecule has 1 heterocycles. The molecule has 5 heteroatoms. The maximum Gasteiger partial charge on any atom is 0.246 e. The molecule has 1 unspecified atom stereocenters. The predicted molar refractivity (Wildman–Crippen MR) is 51.4 cm³/mol. The molecule has 0 bridgehead atoms. The molecular weight excluding hydrogens is 166 g/mol. The average Bonchev–Trinajstić information content (AvgIpc) is 2.87. The lowest BCUT2D eigenvalue weighted by molar-refractivity contribution is 0.598. The van der Waals surface area contributed by atoms with Gasteiger partial charge in [-0.15, -0.1) is 5.10 Å². The van der Waals surface area contributed by atoms with Crippen LogP contribution in [0, 0.1) is 5.92 Å². The normalized spacial score (nSPS) is 18.6. The van der Waals surface area contributed by atoms with Gasteiger partial charge >= 0.3 is 0 Å². The van der Waals surface area contributed by atoms with Crippen LogP contribution in [0.2, 0.25) is 0 Å². The minimum absolute atomic E-state index is 0.379. The smallest absolute Gasteiger partial charge is 0.246 e. The summed E-state index contributed by atoms with van der Waals surface area (Å²) in [4.78, 5) is 6.15. The molecule has 72 valence electrons. The van der Waals surface area contributed by atoms with E-state index in [0.29, 0.717) is 17.9 Å². The second-order valence-corrected chi connectivity index (χ2v) is 3.71. The molecule has 1 aromatic rings. The van der Waals surface area contributed by atoms with E-state index in [2.05, 4.69) is 27.0 Å². The summed E-state index contributed by atoms with van der Waals surface area (Å²) in [6, 6.07) is 0.509. The van der Waals surface area contributed by atoms with Gasteiger partial charge in [-0.3, -0.25) is 0 Å². The summed E-state index contributed by atoms with van der Waals surface area (Å²) in [5.41, 5.74) is 5.45. The van der Waals surface area contributed by atoms with Crippen molar-refractivity contribution in [3.05, 3.63) is 0 Å². The molecule has 1 aliphatic rings. The first-order chi connectivity index (χ1) is 6.18. The van der Waals surface area contributed by atoms with Gasteiger partial charge in [0, 0.05) is 13.1 Å². The molecule has 5 nitrogen and oxygen atoms in total. The van der Waals surface area contributed by atoms with Crippen LogP contribution >= 0.6 is 0 Å². The third-order valence-electron chi connectivity index (χ3n) is 2.72. The highest BCUT2D eigenvalue weighted by atomic mass is 15.4. The molecule has 0 saturated heterocycles. The standard InChI is InChI=1S/C8H15N5/c1-5(6-3-4-6)13(2)8-10-7(9)11-12-8/h5-6H,3-4H2,1-2H3,(H3,9,10,11,12). The Morgan fingerprint density at radius 1 is 1.62 bits per heavy atom. The van der Waals surface area contributed by atoms with Crippen molar-refractivity contribution in [2.45, 2.75) is 25.8 Å². The van der Waals surface area contributed by atoms with Crippen LogP contribution in [0.25, 0.3) is 0 Å². The van der Waals surface area contributed by atoms with Crippen molar-refractivity contribution in [2.24, 2.45) is 5.92 Å². The van der Waals surface area contributed by atoms with Gasteiger partial charge in [0.15, 0.2) is 0 Å². The molecule has 0 amide bonds. The van der Waals surface area contributed by atoms with E-state index in [9.17, 15) is 0 Å². The van der Waals surface area contributed by atoms with Crippen LogP contribution in [0.5, 0.6) is 0 Å². The van der Waals surface area contributed by atoms with Gasteiger partial charge in [-0.05, 0) is 25.7 Å². The quantitative estimate of drug-likeness (QED) is 0.717. The Morgan fingerprint density at radius 2 is 2.31 bits per heavy atom. The second kappa shape index (κ2) is 2.90. The highest BCUT2D eigenvalue weighted by Crippen LogP contribution is 2.35. The van der Waals surface area contributed by atoms with Crippen LogP contribution < -0.4 is 10.6 Å². The summed E-state index contributed by atoms with van der Waals surface area (Å²) in [6.45, 7) is 2.20. The molecule has 0 aromatic carbocycles. The molecule has 1 fully saturated rings. The van der Waals surface area contributed by atoms with Gasteiger partial charge in [0.25, 0.3) is 0 Å². The van der Waals surface area contributed by atoms with Crippen molar-refractivity contribution < 1.29 is 0 Å². The molecule has 1 atom stereocenters. The van der Waals surface area contributed by atoms with Crippen molar-refractivity contribution in [1.82, 2.24) is 15.2 Å². The largest absolute Gasteiger partial charge is 0.368 e. The Morgan fingerprint density at radius 3 is 2.77 bits per heavy atom. The van der Waals surface area contributed by atoms with E-state index in [0.717, 1.165) is 5.92 Å². The minimum atomic E-state index is 0.379. The predicted octanol–water partition coefficient (Wildman–Crippen LogP) is 0.622. The van der Waals surface area contributed by atoms with E-state index >= 15 is 0 Å². The highest BCUT2D eigenvalue weighted by molar-refractivity contribution is 5.34. The maximum absolute atomic E-state index is 5.45. The van der Waals surface area contributed by atoms with Crippen molar-refractivity contribution in [2.75, 3.05) is 17.7 Å². The first-order valence-electron chi connectivity index (χ1n) is 4.59. The summed E-state index contributed by atoms with van der Waals surface area (Å²) in [5, 5.41) is 6.65. The molecule has 2 rings (SSSR count). The van der Waals surface area contributed by atoms with Crippen LogP contribution in [-0.4, -0.2) is 28.3 Å². The van der Waals surface area contributed by atoms with Crippen LogP contribution in [0.15, 0.2) is 0 Å². The Hall–Kier alpha value is -1.26. The van der Waals surface area contributed by atoms with Crippen molar-refractivity contribution >= 4 is 11.9 Å². The fourth-order valence-electron chi connectivity index (χ4n) is 1.50. The molecule has 1 aliphatic carbocycles. The molecule has 13 heavy (non-hydrogen) atoms. The first-order valence-corrected chi connectivity index (χ1v) is 4.59. The van der Waals surface area contributed by atoms with Gasteiger partial charge < -0.3 is 10.6 Å². The van der Waals surface area contributed by atoms with Gasteiger partial charge in [0.2, 0.25) is 11.9 Å². The van der Waals surface area contributed by atoms with E-state index < -0.39 is 0 Å². The highest BCUT2D eigenvalue weighted by Gasteiger charge is 2.31. The van der Waals surface area contributed by atoms with Crippen molar-refractivity contribution in [3.8, 4) is 0 Å². The number of nitrogen functional groups attached to an aromatic ring is 1. The van der Waals surface area contributed by atoms with Crippen LogP contribution in [0.1, 0.15) is 19.8 Å². The zero-order chi connectivity index (χ0) is 9.42. The number of aromatic amines is 1. The zero-order valence-corrected chi connectivity index (χ0v) is 7.99. The Balaban J connectivity index is 2.06. The summed E-state index contributed by atoms with van der Waals surface area (Å²) >= 11 is 0. The fourth-order valence-corrected chi connectivity index (χ4v) is 1.50. The van der Waals surface area contributed by atoms with E-state index in [-0.39, 0.29) is 0 Å². The van der Waals surface area contributed by atoms with Gasteiger partial charge in [-0.2, -0.15) is 4.98 Å². The number of nitrogens with two attached hydrogens (primary N) is 1. The van der Waals surface area contributed by atoms with E-state index in [1.54, 1.807) is 0 Å². The lowest BCUT2D eigenvalue weighted by Crippen LogP contribution is -2.31. The summed E-state index contributed by atoms with van der Waals surface area (Å²) in [6.07, 6.45) is 2.65. The van der Waals surface area contributed by atoms with Gasteiger partial charge in [-0.1, -0.05) is 0 Å². The first kappa shape index (κ1) is 8.34. The Labute approximate surface area is 77.3 Å². The van der Waals surface area contributed by atoms with Crippen molar-refractivity contribution in [1.29, 1.82) is 0 Å². The summed E-state index contributed by atoms with van der Waals surface area (Å²) < 4.78 is 0. The van der Waals surface area contributed by atoms with Crippen LogP contribution in [0.3, 0.4) is 0 Å². The van der Waals surface area contributed by atoms with Gasteiger partial charge in [0.05, 0.1) is 0 Å². The minimum Gasteiger partial charge on any atom is -0.368 e. The van der Waals surface area contributed by atoms with Crippen LogP contribution in [-0.2, 0) is 0 Å². The topological polar surface area (TPSA) is 70.8 Å². The zero-order valence-electron chi connectivity index (χ0n) is 7.99. The molecule has 0 radical (unpaired) electrons. The van der Waals surface area contributed by atoms with Gasteiger partial charge in [-0.25, -0.2) is 5.10 Å². The SMILES string of the molecule is CC(C1CC1)N(C)c1n[nH]c(N)n1. The molecular formula is C8H15N5. The van der Waals surface area contributed by atoms with Gasteiger partial charge in [0.1, 0.15) is 0 Å². The number of aromatic nitrogens is 3. The van der Waals surface area contributed by atoms with Crippen molar-refractivity contribution in [3.63, 3.8) is 0 Å². The van der Waals surface area contributed by atoms with E-state index in [4.69, 9.17) is 5.73 Å². The fraction of sp³-hybridized carbons (Fsp3) is 0.750. The molecule has 1 saturated carbocycles. The van der Waals surface area contributed by atoms with E-state index in [1.165, 1.54) is 12.8 Å². The lowest BCUT2D eigenvalue weighted by atomic mass is 10.2. The molecule has 1 aromatic heterocycles. The molecule has 3 N–H and O–H groups in total. The second-order valence-electron chi connectivity index (χ2n) is 3.71. The molecule has 0 spiro atoms. The number of nitrogens with zero attached hydrogens (tertiary/aromatic N) is 3. The number of hydrogen-bond donors (Lipinski definition) is 2. The maximum atomic E-state index is 5.45. The Kier molecular flexibility index (Phi) is 1.86. The number of H-pyrrole nitrogens is 1. The number of hydrogen-bond acceptors (Lipinski definition) is 4. The number of anilines is 2. The molecule has 0 aliphatic heterocycles. The van der Waals surface area contributed by atoms with Crippen LogP contribution in [0.4, 0.5) is 11.9 Å². The third-order valence-corrected chi connectivity index (χ3v) is 2.72. The lowest BCUT2D eigenvalue weighted by Gasteiger charge is -2.22. The summed E-state index contributed by atoms with van der Waals surface area (Å²) in [7, 11) is 2.01. The van der Waals surface area contributed by atoms with E-state index in [1.807, 2.05) is 7.05 Å². The average molecular weight is 181 g/mol. The number of rotatable bonds is 3. The summed E-state index contributed by atoms with van der Waals surface area (Å²) in [5.74, 6) is 1.88. The third kappa shape index (κ3) is 1.59. The number of nitrogens with one attached hydrogen (secondary N) is 1.